The first-order valence-electron chi connectivity index (χ1n) is 13.1. The molecule has 5 rings (SSSR count). The van der Waals surface area contributed by atoms with Crippen LogP contribution in [0, 0.1) is 0 Å². The largest absolute Gasteiger partial charge is 0.369 e. The molecule has 8 nitrogen and oxygen atoms in total. The fourth-order valence-corrected chi connectivity index (χ4v) is 4.96. The predicted molar refractivity (Wildman–Crippen MR) is 149 cm³/mol. The summed E-state index contributed by atoms with van der Waals surface area (Å²) in [6, 6.07) is 27.7. The minimum absolute atomic E-state index is 0.0134. The number of rotatable bonds is 8. The molecule has 1 atom stereocenters. The van der Waals surface area contributed by atoms with Crippen LogP contribution in [0.25, 0.3) is 5.69 Å². The van der Waals surface area contributed by atoms with Crippen LogP contribution in [-0.4, -0.2) is 51.3 Å². The highest BCUT2D eigenvalue weighted by Crippen LogP contribution is 2.25. The molecule has 0 aliphatic carbocycles. The van der Waals surface area contributed by atoms with Crippen LogP contribution in [-0.2, 0) is 11.3 Å². The van der Waals surface area contributed by atoms with Gasteiger partial charge in [-0.1, -0.05) is 60.7 Å². The second kappa shape index (κ2) is 11.5. The molecule has 3 aromatic carbocycles. The number of hydrogen-bond donors (Lipinski definition) is 1. The van der Waals surface area contributed by atoms with E-state index in [4.69, 9.17) is 0 Å². The summed E-state index contributed by atoms with van der Waals surface area (Å²) in [5.41, 5.74) is 3.84. The van der Waals surface area contributed by atoms with Gasteiger partial charge in [0.1, 0.15) is 12.4 Å². The van der Waals surface area contributed by atoms with E-state index in [1.165, 1.54) is 4.68 Å². The van der Waals surface area contributed by atoms with Crippen LogP contribution in [0.15, 0.2) is 96.1 Å². The number of nitrogens with zero attached hydrogens (tertiary/aromatic N) is 5. The summed E-state index contributed by atoms with van der Waals surface area (Å²) in [5, 5.41) is 7.36. The number of aromatic nitrogens is 3. The fourth-order valence-electron chi connectivity index (χ4n) is 4.96. The molecule has 1 saturated heterocycles. The van der Waals surface area contributed by atoms with E-state index in [1.54, 1.807) is 10.9 Å². The highest BCUT2D eigenvalue weighted by Gasteiger charge is 2.30. The van der Waals surface area contributed by atoms with Crippen molar-refractivity contribution >= 4 is 11.6 Å². The third kappa shape index (κ3) is 5.55. The van der Waals surface area contributed by atoms with Gasteiger partial charge in [-0.25, -0.2) is 14.0 Å². The molecule has 0 radical (unpaired) electrons. The average molecular weight is 511 g/mol. The van der Waals surface area contributed by atoms with Crippen molar-refractivity contribution < 1.29 is 4.79 Å². The molecule has 0 bridgehead atoms. The standard InChI is InChI=1S/C30H34N6O2/c1-23(2)36-30(38)35(22-32-36)27-15-13-26(14-16-27)33-17-19-34(20-18-33)28(25-11-7-4-8-12-25)29(37)31-21-24-9-5-3-6-10-24/h3-16,22-23,28H,17-21H2,1-2H3,(H,31,37). The minimum Gasteiger partial charge on any atom is -0.369 e. The van der Waals surface area contributed by atoms with Gasteiger partial charge in [0.15, 0.2) is 0 Å². The smallest absolute Gasteiger partial charge is 0.350 e. The zero-order chi connectivity index (χ0) is 26.5. The van der Waals surface area contributed by atoms with Crippen molar-refractivity contribution in [2.45, 2.75) is 32.5 Å². The number of carbonyl (C=O) groups excluding carboxylic acids is 1. The van der Waals surface area contributed by atoms with Gasteiger partial charge in [-0.3, -0.25) is 9.69 Å². The summed E-state index contributed by atoms with van der Waals surface area (Å²) >= 11 is 0. The van der Waals surface area contributed by atoms with Crippen LogP contribution >= 0.6 is 0 Å². The van der Waals surface area contributed by atoms with E-state index in [9.17, 15) is 9.59 Å². The first-order chi connectivity index (χ1) is 18.5. The van der Waals surface area contributed by atoms with Gasteiger partial charge in [-0.2, -0.15) is 5.10 Å². The highest BCUT2D eigenvalue weighted by molar-refractivity contribution is 5.83. The van der Waals surface area contributed by atoms with Crippen molar-refractivity contribution in [1.82, 2.24) is 24.6 Å². The number of anilines is 1. The fraction of sp³-hybridized carbons (Fsp3) is 0.300. The van der Waals surface area contributed by atoms with Crippen LogP contribution in [0.1, 0.15) is 37.1 Å². The Balaban J connectivity index is 1.26. The van der Waals surface area contributed by atoms with Crippen LogP contribution < -0.4 is 15.9 Å². The summed E-state index contributed by atoms with van der Waals surface area (Å²) < 4.78 is 3.05. The Morgan fingerprint density at radius 3 is 2.05 bits per heavy atom. The highest BCUT2D eigenvalue weighted by atomic mass is 16.2. The maximum Gasteiger partial charge on any atom is 0.350 e. The van der Waals surface area contributed by atoms with E-state index in [0.29, 0.717) is 6.54 Å². The van der Waals surface area contributed by atoms with E-state index in [-0.39, 0.29) is 23.7 Å². The van der Waals surface area contributed by atoms with Crippen molar-refractivity contribution in [3.63, 3.8) is 0 Å². The van der Waals surface area contributed by atoms with Crippen LogP contribution in [0.5, 0.6) is 0 Å². The maximum absolute atomic E-state index is 13.4. The third-order valence-electron chi connectivity index (χ3n) is 7.03. The summed E-state index contributed by atoms with van der Waals surface area (Å²) in [7, 11) is 0. The molecule has 1 aromatic heterocycles. The quantitative estimate of drug-likeness (QED) is 0.390. The molecule has 38 heavy (non-hydrogen) atoms. The Morgan fingerprint density at radius 2 is 1.45 bits per heavy atom. The predicted octanol–water partition coefficient (Wildman–Crippen LogP) is 3.79. The first-order valence-corrected chi connectivity index (χ1v) is 13.1. The molecule has 1 aliphatic rings. The van der Waals surface area contributed by atoms with E-state index in [0.717, 1.165) is 48.7 Å². The SMILES string of the molecule is CC(C)n1ncn(-c2ccc(N3CCN(C(C(=O)NCc4ccccc4)c4ccccc4)CC3)cc2)c1=O. The van der Waals surface area contributed by atoms with Crippen molar-refractivity contribution in [3.8, 4) is 5.69 Å². The summed E-state index contributed by atoms with van der Waals surface area (Å²) in [5.74, 6) is 0.0187. The molecule has 8 heteroatoms. The maximum atomic E-state index is 13.4. The van der Waals surface area contributed by atoms with Gasteiger partial charge < -0.3 is 10.2 Å². The Hall–Kier alpha value is -4.17. The van der Waals surface area contributed by atoms with Gasteiger partial charge in [0.05, 0.1) is 11.7 Å². The lowest BCUT2D eigenvalue weighted by Crippen LogP contribution is -2.51. The van der Waals surface area contributed by atoms with E-state index < -0.39 is 0 Å². The molecular weight excluding hydrogens is 476 g/mol. The lowest BCUT2D eigenvalue weighted by molar-refractivity contribution is -0.127. The minimum atomic E-state index is -0.339. The molecule has 1 amide bonds. The lowest BCUT2D eigenvalue weighted by Gasteiger charge is -2.39. The second-order valence-corrected chi connectivity index (χ2v) is 9.88. The van der Waals surface area contributed by atoms with Crippen LogP contribution in [0.2, 0.25) is 0 Å². The summed E-state index contributed by atoms with van der Waals surface area (Å²) in [6.45, 7) is 7.53. The van der Waals surface area contributed by atoms with Crippen molar-refractivity contribution in [2.24, 2.45) is 0 Å². The van der Waals surface area contributed by atoms with E-state index in [2.05, 4.69) is 20.2 Å². The van der Waals surface area contributed by atoms with Gasteiger partial charge in [0.25, 0.3) is 0 Å². The van der Waals surface area contributed by atoms with Crippen molar-refractivity contribution in [2.75, 3.05) is 31.1 Å². The number of amides is 1. The molecule has 2 heterocycles. The number of benzene rings is 3. The molecule has 1 N–H and O–H groups in total. The molecule has 196 valence electrons. The molecule has 0 spiro atoms. The van der Waals surface area contributed by atoms with Crippen LogP contribution in [0.4, 0.5) is 5.69 Å². The first kappa shape index (κ1) is 25.5. The van der Waals surface area contributed by atoms with Crippen molar-refractivity contribution in [1.29, 1.82) is 0 Å². The lowest BCUT2D eigenvalue weighted by atomic mass is 10.0. The average Bonchev–Trinajstić information content (AvgIpc) is 3.35. The van der Waals surface area contributed by atoms with Gasteiger partial charge in [0, 0.05) is 38.4 Å². The topological polar surface area (TPSA) is 75.4 Å². The zero-order valence-electron chi connectivity index (χ0n) is 21.9. The summed E-state index contributed by atoms with van der Waals surface area (Å²) in [6.07, 6.45) is 1.57. The van der Waals surface area contributed by atoms with Gasteiger partial charge >= 0.3 is 5.69 Å². The summed E-state index contributed by atoms with van der Waals surface area (Å²) in [4.78, 5) is 30.6. The third-order valence-corrected chi connectivity index (χ3v) is 7.03. The number of nitrogens with one attached hydrogen (secondary N) is 1. The van der Waals surface area contributed by atoms with Gasteiger partial charge in [-0.15, -0.1) is 0 Å². The second-order valence-electron chi connectivity index (χ2n) is 9.88. The molecule has 1 fully saturated rings. The van der Waals surface area contributed by atoms with Gasteiger partial charge in [-0.05, 0) is 49.2 Å². The molecule has 4 aromatic rings. The van der Waals surface area contributed by atoms with Gasteiger partial charge in [0.2, 0.25) is 5.91 Å². The zero-order valence-corrected chi connectivity index (χ0v) is 21.9. The Morgan fingerprint density at radius 1 is 0.842 bits per heavy atom. The normalized spacial score (nSPS) is 15.0. The van der Waals surface area contributed by atoms with Crippen molar-refractivity contribution in [3.05, 3.63) is 113 Å². The number of piperazine rings is 1. The monoisotopic (exact) mass is 510 g/mol. The van der Waals surface area contributed by atoms with E-state index >= 15 is 0 Å². The molecule has 0 saturated carbocycles. The number of hydrogen-bond acceptors (Lipinski definition) is 5. The molecule has 1 aliphatic heterocycles. The van der Waals surface area contributed by atoms with Crippen LogP contribution in [0.3, 0.4) is 0 Å². The number of carbonyl (C=O) groups is 1. The Labute approximate surface area is 223 Å². The Bertz CT molecular complexity index is 1390. The van der Waals surface area contributed by atoms with E-state index in [1.807, 2.05) is 98.8 Å². The molecule has 1 unspecified atom stereocenters. The molecular formula is C30H34N6O2. The Kier molecular flexibility index (Phi) is 7.70.